The maximum atomic E-state index is 12.5. The summed E-state index contributed by atoms with van der Waals surface area (Å²) in [6, 6.07) is 8.00. The van der Waals surface area contributed by atoms with E-state index in [1.807, 2.05) is 0 Å². The number of nitrogens with one attached hydrogen (secondary N) is 1. The Balaban J connectivity index is 2.16. The molecule has 7 heteroatoms. The number of unbranched alkanes of at least 4 members (excludes halogenated alkanes) is 2. The molecule has 0 spiro atoms. The third-order valence-electron chi connectivity index (χ3n) is 3.66. The van der Waals surface area contributed by atoms with Crippen LogP contribution in [-0.2, 0) is 0 Å². The highest BCUT2D eigenvalue weighted by Crippen LogP contribution is 2.35. The van der Waals surface area contributed by atoms with Gasteiger partial charge in [-0.05, 0) is 36.8 Å². The van der Waals surface area contributed by atoms with Gasteiger partial charge in [-0.1, -0.05) is 54.6 Å². The van der Waals surface area contributed by atoms with Crippen LogP contribution in [0.1, 0.15) is 36.5 Å². The monoisotopic (exact) mass is 415 g/mol. The van der Waals surface area contributed by atoms with E-state index in [2.05, 4.69) is 12.2 Å². The van der Waals surface area contributed by atoms with Crippen LogP contribution in [0, 0.1) is 0 Å². The van der Waals surface area contributed by atoms with Crippen molar-refractivity contribution >= 4 is 46.4 Å². The Morgan fingerprint density at radius 1 is 1.08 bits per heavy atom. The number of rotatable bonds is 8. The lowest BCUT2D eigenvalue weighted by molar-refractivity contribution is 0.102. The number of benzene rings is 2. The summed E-state index contributed by atoms with van der Waals surface area (Å²) in [5, 5.41) is 3.80. The highest BCUT2D eigenvalue weighted by molar-refractivity contribution is 6.38. The van der Waals surface area contributed by atoms with Gasteiger partial charge in [0.05, 0.1) is 29.4 Å². The van der Waals surface area contributed by atoms with Crippen molar-refractivity contribution in [3.63, 3.8) is 0 Å². The highest BCUT2D eigenvalue weighted by atomic mass is 35.5. The van der Waals surface area contributed by atoms with Crippen molar-refractivity contribution < 1.29 is 14.3 Å². The van der Waals surface area contributed by atoms with Gasteiger partial charge in [-0.15, -0.1) is 0 Å². The third kappa shape index (κ3) is 5.44. The van der Waals surface area contributed by atoms with Gasteiger partial charge in [0.1, 0.15) is 5.75 Å². The molecule has 2 rings (SSSR count). The summed E-state index contributed by atoms with van der Waals surface area (Å²) in [5.74, 6) is 0.504. The van der Waals surface area contributed by atoms with Crippen molar-refractivity contribution in [3.05, 3.63) is 51.0 Å². The Hall–Kier alpha value is -1.62. The van der Waals surface area contributed by atoms with Gasteiger partial charge in [-0.2, -0.15) is 0 Å². The summed E-state index contributed by atoms with van der Waals surface area (Å²) in [6.07, 6.45) is 3.08. The van der Waals surface area contributed by atoms with Crippen LogP contribution in [0.15, 0.2) is 30.3 Å². The zero-order valence-electron chi connectivity index (χ0n) is 14.6. The maximum absolute atomic E-state index is 12.5. The van der Waals surface area contributed by atoms with Crippen molar-refractivity contribution in [2.75, 3.05) is 19.0 Å². The molecule has 1 N–H and O–H groups in total. The second kappa shape index (κ2) is 9.91. The zero-order chi connectivity index (χ0) is 19.1. The highest BCUT2D eigenvalue weighted by Gasteiger charge is 2.16. The van der Waals surface area contributed by atoms with Crippen molar-refractivity contribution in [1.29, 1.82) is 0 Å². The van der Waals surface area contributed by atoms with Crippen molar-refractivity contribution in [3.8, 4) is 11.5 Å². The fourth-order valence-corrected chi connectivity index (χ4v) is 3.10. The van der Waals surface area contributed by atoms with E-state index in [4.69, 9.17) is 44.3 Å². The first-order chi connectivity index (χ1) is 12.5. The Morgan fingerprint density at radius 2 is 1.77 bits per heavy atom. The van der Waals surface area contributed by atoms with E-state index in [9.17, 15) is 4.79 Å². The normalized spacial score (nSPS) is 10.5. The number of hydrogen-bond donors (Lipinski definition) is 1. The fraction of sp³-hybridized carbons (Fsp3) is 0.316. The zero-order valence-corrected chi connectivity index (χ0v) is 16.8. The van der Waals surface area contributed by atoms with Crippen LogP contribution in [0.4, 0.5) is 5.69 Å². The smallest absolute Gasteiger partial charge is 0.255 e. The molecule has 0 unspecified atom stereocenters. The Kier molecular flexibility index (Phi) is 7.88. The molecular weight excluding hydrogens is 397 g/mol. The largest absolute Gasteiger partial charge is 0.495 e. The first kappa shape index (κ1) is 20.7. The first-order valence-electron chi connectivity index (χ1n) is 8.23. The third-order valence-corrected chi connectivity index (χ3v) is 4.46. The second-order valence-electron chi connectivity index (χ2n) is 5.62. The summed E-state index contributed by atoms with van der Waals surface area (Å²) in [7, 11) is 1.51. The molecule has 0 saturated carbocycles. The average Bonchev–Trinajstić information content (AvgIpc) is 2.60. The molecule has 0 fully saturated rings. The van der Waals surface area contributed by atoms with Gasteiger partial charge in [0, 0.05) is 10.6 Å². The van der Waals surface area contributed by atoms with Crippen LogP contribution >= 0.6 is 34.8 Å². The molecule has 0 aliphatic carbocycles. The summed E-state index contributed by atoms with van der Waals surface area (Å²) < 4.78 is 10.9. The SMILES string of the molecule is CCCCCOc1c(Cl)cc(C(=O)Nc2cc(Cl)ccc2OC)cc1Cl. The second-order valence-corrected chi connectivity index (χ2v) is 6.87. The van der Waals surface area contributed by atoms with Gasteiger partial charge in [-0.25, -0.2) is 0 Å². The first-order valence-corrected chi connectivity index (χ1v) is 9.36. The number of hydrogen-bond acceptors (Lipinski definition) is 3. The van der Waals surface area contributed by atoms with Gasteiger partial charge in [0.25, 0.3) is 5.91 Å². The summed E-state index contributed by atoms with van der Waals surface area (Å²) in [5.41, 5.74) is 0.764. The molecule has 0 aliphatic heterocycles. The van der Waals surface area contributed by atoms with Gasteiger partial charge in [-0.3, -0.25) is 4.79 Å². The predicted molar refractivity (Wildman–Crippen MR) is 107 cm³/mol. The number of carbonyl (C=O) groups excluding carboxylic acids is 1. The van der Waals surface area contributed by atoms with E-state index < -0.39 is 0 Å². The molecule has 2 aromatic rings. The van der Waals surface area contributed by atoms with Gasteiger partial charge in [0.2, 0.25) is 0 Å². The lowest BCUT2D eigenvalue weighted by atomic mass is 10.2. The van der Waals surface area contributed by atoms with Gasteiger partial charge >= 0.3 is 0 Å². The number of methoxy groups -OCH3 is 1. The molecule has 0 aromatic heterocycles. The standard InChI is InChI=1S/C19H20Cl3NO3/c1-3-4-5-8-26-18-14(21)9-12(10-15(18)22)19(24)23-16-11-13(20)6-7-17(16)25-2/h6-7,9-11H,3-5,8H2,1-2H3,(H,23,24). The minimum Gasteiger partial charge on any atom is -0.495 e. The molecule has 1 amide bonds. The molecule has 0 atom stereocenters. The van der Waals surface area contributed by atoms with E-state index in [0.29, 0.717) is 34.4 Å². The molecule has 0 aliphatic rings. The summed E-state index contributed by atoms with van der Waals surface area (Å²) in [6.45, 7) is 2.64. The molecule has 0 heterocycles. The van der Waals surface area contributed by atoms with Gasteiger partial charge in [0.15, 0.2) is 5.75 Å². The maximum Gasteiger partial charge on any atom is 0.255 e. The molecule has 4 nitrogen and oxygen atoms in total. The molecular formula is C19H20Cl3NO3. The molecule has 0 radical (unpaired) electrons. The van der Waals surface area contributed by atoms with Gasteiger partial charge < -0.3 is 14.8 Å². The van der Waals surface area contributed by atoms with Crippen LogP contribution in [0.5, 0.6) is 11.5 Å². The molecule has 0 saturated heterocycles. The fourth-order valence-electron chi connectivity index (χ4n) is 2.33. The number of carbonyl (C=O) groups is 1. The van der Waals surface area contributed by atoms with Crippen LogP contribution in [0.2, 0.25) is 15.1 Å². The van der Waals surface area contributed by atoms with E-state index in [1.165, 1.54) is 19.2 Å². The number of amides is 1. The van der Waals surface area contributed by atoms with Crippen molar-refractivity contribution in [2.24, 2.45) is 0 Å². The quantitative estimate of drug-likeness (QED) is 0.501. The molecule has 0 bridgehead atoms. The van der Waals surface area contributed by atoms with E-state index in [0.717, 1.165) is 19.3 Å². The van der Waals surface area contributed by atoms with Crippen molar-refractivity contribution in [2.45, 2.75) is 26.2 Å². The summed E-state index contributed by atoms with van der Waals surface area (Å²) >= 11 is 18.5. The number of anilines is 1. The van der Waals surface area contributed by atoms with E-state index in [1.54, 1.807) is 18.2 Å². The lowest BCUT2D eigenvalue weighted by Gasteiger charge is -2.13. The number of ether oxygens (including phenoxy) is 2. The van der Waals surface area contributed by atoms with Crippen molar-refractivity contribution in [1.82, 2.24) is 0 Å². The van der Waals surface area contributed by atoms with Crippen LogP contribution in [0.3, 0.4) is 0 Å². The Labute approximate surface area is 168 Å². The van der Waals surface area contributed by atoms with Crippen LogP contribution in [-0.4, -0.2) is 19.6 Å². The minimum atomic E-state index is -0.383. The topological polar surface area (TPSA) is 47.6 Å². The molecule has 140 valence electrons. The number of halogens is 3. The minimum absolute atomic E-state index is 0.289. The lowest BCUT2D eigenvalue weighted by Crippen LogP contribution is -2.13. The average molecular weight is 417 g/mol. The Morgan fingerprint density at radius 3 is 2.38 bits per heavy atom. The molecule has 2 aromatic carbocycles. The predicted octanol–water partition coefficient (Wildman–Crippen LogP) is 6.48. The van der Waals surface area contributed by atoms with Crippen LogP contribution < -0.4 is 14.8 Å². The van der Waals surface area contributed by atoms with Crippen LogP contribution in [0.25, 0.3) is 0 Å². The summed E-state index contributed by atoms with van der Waals surface area (Å²) in [4.78, 5) is 12.5. The van der Waals surface area contributed by atoms with E-state index in [-0.39, 0.29) is 16.0 Å². The Bertz CT molecular complexity index is 758. The molecule has 26 heavy (non-hydrogen) atoms. The van der Waals surface area contributed by atoms with E-state index >= 15 is 0 Å².